The fraction of sp³-hybridized carbons (Fsp3) is 0.455. The van der Waals surface area contributed by atoms with E-state index in [2.05, 4.69) is 0 Å². The van der Waals surface area contributed by atoms with E-state index >= 15 is 0 Å². The van der Waals surface area contributed by atoms with Gasteiger partial charge in [0.1, 0.15) is 0 Å². The quantitative estimate of drug-likeness (QED) is 0.761. The van der Waals surface area contributed by atoms with Gasteiger partial charge in [-0.3, -0.25) is 4.57 Å². The van der Waals surface area contributed by atoms with Crippen LogP contribution in [0.25, 0.3) is 0 Å². The summed E-state index contributed by atoms with van der Waals surface area (Å²) in [6.45, 7) is 1.64. The Kier molecular flexibility index (Phi) is 4.52. The molecule has 2 unspecified atom stereocenters. The first-order chi connectivity index (χ1) is 7.11. The van der Waals surface area contributed by atoms with Crippen LogP contribution in [0.1, 0.15) is 24.6 Å². The van der Waals surface area contributed by atoms with Crippen LogP contribution >= 0.6 is 7.37 Å². The molecule has 0 bridgehead atoms. The maximum Gasteiger partial charge on any atom is 0.207 e. The monoisotopic (exact) mass is 228 g/mol. The second-order valence-electron chi connectivity index (χ2n) is 3.51. The van der Waals surface area contributed by atoms with E-state index in [9.17, 15) is 9.46 Å². The van der Waals surface area contributed by atoms with Gasteiger partial charge in [-0.2, -0.15) is 0 Å². The molecule has 0 fully saturated rings. The Morgan fingerprint density at radius 2 is 1.93 bits per heavy atom. The molecule has 1 aromatic rings. The highest BCUT2D eigenvalue weighted by Gasteiger charge is 2.29. The van der Waals surface area contributed by atoms with Crippen molar-refractivity contribution >= 4 is 7.37 Å². The van der Waals surface area contributed by atoms with Crippen LogP contribution in [0.2, 0.25) is 0 Å². The first-order valence-corrected chi connectivity index (χ1v) is 7.00. The van der Waals surface area contributed by atoms with E-state index < -0.39 is 13.0 Å². The van der Waals surface area contributed by atoms with Gasteiger partial charge < -0.3 is 10.00 Å². The summed E-state index contributed by atoms with van der Waals surface area (Å²) in [7, 11) is -3.18. The highest BCUT2D eigenvalue weighted by atomic mass is 31.2. The van der Waals surface area contributed by atoms with Crippen molar-refractivity contribution in [3.8, 4) is 0 Å². The minimum atomic E-state index is -3.18. The highest BCUT2D eigenvalue weighted by Crippen LogP contribution is 2.56. The van der Waals surface area contributed by atoms with E-state index in [0.717, 1.165) is 5.56 Å². The van der Waals surface area contributed by atoms with Gasteiger partial charge in [0, 0.05) is 12.8 Å². The lowest BCUT2D eigenvalue weighted by Crippen LogP contribution is -2.04. The van der Waals surface area contributed by atoms with Crippen LogP contribution < -0.4 is 0 Å². The van der Waals surface area contributed by atoms with Crippen LogP contribution in [0.3, 0.4) is 0 Å². The molecule has 0 amide bonds. The summed E-state index contributed by atoms with van der Waals surface area (Å²) < 4.78 is 11.9. The standard InChI is InChI=1S/C11H17O3P/c1-2-15(13,14)11(8-9-12)10-6-4-3-5-7-10/h3-7,11-12H,2,8-9H2,1H3,(H,13,14). The maximum atomic E-state index is 11.9. The molecule has 2 N–H and O–H groups in total. The predicted octanol–water partition coefficient (Wildman–Crippen LogP) is 2.40. The molecule has 4 heteroatoms. The summed E-state index contributed by atoms with van der Waals surface area (Å²) in [5, 5.41) is 8.92. The average molecular weight is 228 g/mol. The van der Waals surface area contributed by atoms with E-state index in [0.29, 0.717) is 6.42 Å². The molecular weight excluding hydrogens is 211 g/mol. The van der Waals surface area contributed by atoms with Crippen molar-refractivity contribution in [1.82, 2.24) is 0 Å². The van der Waals surface area contributed by atoms with Crippen molar-refractivity contribution in [3.63, 3.8) is 0 Å². The number of hydrogen-bond acceptors (Lipinski definition) is 2. The molecule has 0 saturated heterocycles. The van der Waals surface area contributed by atoms with E-state index in [1.54, 1.807) is 6.92 Å². The molecule has 84 valence electrons. The van der Waals surface area contributed by atoms with Gasteiger partial charge in [-0.15, -0.1) is 0 Å². The van der Waals surface area contributed by atoms with Crippen molar-refractivity contribution in [2.24, 2.45) is 0 Å². The maximum absolute atomic E-state index is 11.9. The summed E-state index contributed by atoms with van der Waals surface area (Å²) in [4.78, 5) is 9.81. The Bertz CT molecular complexity index is 337. The summed E-state index contributed by atoms with van der Waals surface area (Å²) in [5.41, 5.74) is 0.396. The van der Waals surface area contributed by atoms with Gasteiger partial charge >= 0.3 is 0 Å². The lowest BCUT2D eigenvalue weighted by molar-refractivity contribution is 0.282. The van der Waals surface area contributed by atoms with Gasteiger partial charge in [0.2, 0.25) is 7.37 Å². The SMILES string of the molecule is CCP(=O)(O)C(CCO)c1ccccc1. The zero-order valence-corrected chi connectivity index (χ0v) is 9.73. The first-order valence-electron chi connectivity index (χ1n) is 5.09. The molecule has 0 aliphatic carbocycles. The molecule has 1 aromatic carbocycles. The zero-order chi connectivity index (χ0) is 11.3. The van der Waals surface area contributed by atoms with Crippen LogP contribution in [0, 0.1) is 0 Å². The lowest BCUT2D eigenvalue weighted by Gasteiger charge is -2.21. The third-order valence-electron chi connectivity index (χ3n) is 2.53. The van der Waals surface area contributed by atoms with Crippen LogP contribution in [-0.2, 0) is 4.57 Å². The van der Waals surface area contributed by atoms with Crippen LogP contribution in [0.5, 0.6) is 0 Å². The number of aliphatic hydroxyl groups is 1. The van der Waals surface area contributed by atoms with Crippen molar-refractivity contribution in [3.05, 3.63) is 35.9 Å². The Morgan fingerprint density at radius 3 is 2.40 bits per heavy atom. The summed E-state index contributed by atoms with van der Waals surface area (Å²) in [6.07, 6.45) is 0.582. The summed E-state index contributed by atoms with van der Waals surface area (Å²) in [5.74, 6) is 0. The minimum absolute atomic E-state index is 0.0654. The molecule has 0 heterocycles. The number of benzene rings is 1. The second kappa shape index (κ2) is 5.45. The molecule has 0 aliphatic rings. The summed E-state index contributed by atoms with van der Waals surface area (Å²) >= 11 is 0. The molecule has 3 nitrogen and oxygen atoms in total. The third-order valence-corrected chi connectivity index (χ3v) is 4.96. The predicted molar refractivity (Wildman–Crippen MR) is 61.3 cm³/mol. The third kappa shape index (κ3) is 3.16. The normalized spacial score (nSPS) is 17.0. The van der Waals surface area contributed by atoms with Gasteiger partial charge in [-0.1, -0.05) is 37.3 Å². The Morgan fingerprint density at radius 1 is 1.33 bits per heavy atom. The Hall–Kier alpha value is -0.630. The minimum Gasteiger partial charge on any atom is -0.396 e. The fourth-order valence-electron chi connectivity index (χ4n) is 1.62. The molecule has 1 rings (SSSR count). The van der Waals surface area contributed by atoms with Gasteiger partial charge in [0.25, 0.3) is 0 Å². The second-order valence-corrected chi connectivity index (χ2v) is 6.28. The van der Waals surface area contributed by atoms with Crippen molar-refractivity contribution < 1.29 is 14.6 Å². The molecule has 0 spiro atoms. The molecule has 0 aliphatic heterocycles. The van der Waals surface area contributed by atoms with Gasteiger partial charge in [-0.25, -0.2) is 0 Å². The topological polar surface area (TPSA) is 57.5 Å². The van der Waals surface area contributed by atoms with Crippen LogP contribution in [0.4, 0.5) is 0 Å². The van der Waals surface area contributed by atoms with Crippen molar-refractivity contribution in [1.29, 1.82) is 0 Å². The van der Waals surface area contributed by atoms with Crippen LogP contribution in [0.15, 0.2) is 30.3 Å². The molecule has 2 atom stereocenters. The van der Waals surface area contributed by atoms with E-state index in [1.807, 2.05) is 30.3 Å². The van der Waals surface area contributed by atoms with E-state index in [1.165, 1.54) is 0 Å². The van der Waals surface area contributed by atoms with E-state index in [-0.39, 0.29) is 12.8 Å². The fourth-order valence-corrected chi connectivity index (χ4v) is 3.22. The smallest absolute Gasteiger partial charge is 0.207 e. The summed E-state index contributed by atoms with van der Waals surface area (Å²) in [6, 6.07) is 9.22. The van der Waals surface area contributed by atoms with Crippen molar-refractivity contribution in [2.75, 3.05) is 12.8 Å². The van der Waals surface area contributed by atoms with Crippen LogP contribution in [-0.4, -0.2) is 22.8 Å². The molecule has 0 radical (unpaired) electrons. The highest BCUT2D eigenvalue weighted by molar-refractivity contribution is 7.58. The number of hydrogen-bond donors (Lipinski definition) is 2. The zero-order valence-electron chi connectivity index (χ0n) is 8.84. The molecular formula is C11H17O3P. The van der Waals surface area contributed by atoms with Gasteiger partial charge in [0.15, 0.2) is 0 Å². The largest absolute Gasteiger partial charge is 0.396 e. The van der Waals surface area contributed by atoms with Gasteiger partial charge in [0.05, 0.1) is 5.66 Å². The Labute approximate surface area is 90.2 Å². The van der Waals surface area contributed by atoms with E-state index in [4.69, 9.17) is 5.11 Å². The lowest BCUT2D eigenvalue weighted by atomic mass is 10.1. The molecule has 0 saturated carbocycles. The Balaban J connectivity index is 2.98. The average Bonchev–Trinajstić information content (AvgIpc) is 2.27. The number of aliphatic hydroxyl groups excluding tert-OH is 1. The van der Waals surface area contributed by atoms with Gasteiger partial charge in [-0.05, 0) is 12.0 Å². The first kappa shape index (κ1) is 12.4. The molecule has 0 aromatic heterocycles. The van der Waals surface area contributed by atoms with Crippen molar-refractivity contribution in [2.45, 2.75) is 19.0 Å². The number of rotatable bonds is 5. The molecule has 15 heavy (non-hydrogen) atoms.